The fourth-order valence-corrected chi connectivity index (χ4v) is 4.46. The second-order valence-corrected chi connectivity index (χ2v) is 8.37. The Kier molecular flexibility index (Phi) is 5.30. The standard InChI is InChI=1S/C23H22N4O2S/c1-14-10-15(2)12-17(11-14)19-24-20-18(22(28)27(4)23(29)26(20)3)21(25-19)30-13-16-8-6-5-7-9-16/h5-12H,13H2,1-4H3. The van der Waals surface area contributed by atoms with E-state index in [1.54, 1.807) is 7.05 Å². The van der Waals surface area contributed by atoms with E-state index in [9.17, 15) is 9.59 Å². The molecule has 6 nitrogen and oxygen atoms in total. The molecule has 2 aromatic heterocycles. The lowest BCUT2D eigenvalue weighted by molar-refractivity contribution is 0.703. The lowest BCUT2D eigenvalue weighted by atomic mass is 10.1. The van der Waals surface area contributed by atoms with Crippen molar-refractivity contribution in [3.8, 4) is 11.4 Å². The normalized spacial score (nSPS) is 11.2. The van der Waals surface area contributed by atoms with Gasteiger partial charge in [-0.3, -0.25) is 13.9 Å². The Hall–Kier alpha value is -3.19. The van der Waals surface area contributed by atoms with Gasteiger partial charge in [-0.1, -0.05) is 47.5 Å². The summed E-state index contributed by atoms with van der Waals surface area (Å²) in [6, 6.07) is 16.1. The molecule has 2 heterocycles. The van der Waals surface area contributed by atoms with Crippen molar-refractivity contribution >= 4 is 22.8 Å². The van der Waals surface area contributed by atoms with Gasteiger partial charge in [-0.25, -0.2) is 14.8 Å². The monoisotopic (exact) mass is 418 g/mol. The molecule has 0 radical (unpaired) electrons. The van der Waals surface area contributed by atoms with Crippen LogP contribution in [0.2, 0.25) is 0 Å². The van der Waals surface area contributed by atoms with Crippen LogP contribution < -0.4 is 11.2 Å². The molecule has 7 heteroatoms. The van der Waals surface area contributed by atoms with Gasteiger partial charge in [0, 0.05) is 25.4 Å². The molecule has 2 aromatic carbocycles. The first kappa shape index (κ1) is 20.1. The average Bonchev–Trinajstić information content (AvgIpc) is 2.74. The minimum atomic E-state index is -0.406. The number of nitrogens with zero attached hydrogens (tertiary/aromatic N) is 4. The SMILES string of the molecule is Cc1cc(C)cc(-c2nc(SCc3ccccc3)c3c(=O)n(C)c(=O)n(C)c3n2)c1. The molecule has 4 aromatic rings. The fraction of sp³-hybridized carbons (Fsp3) is 0.217. The van der Waals surface area contributed by atoms with Gasteiger partial charge >= 0.3 is 5.69 Å². The number of benzene rings is 2. The van der Waals surface area contributed by atoms with E-state index in [1.807, 2.05) is 56.3 Å². The summed E-state index contributed by atoms with van der Waals surface area (Å²) in [5.41, 5.74) is 3.76. The van der Waals surface area contributed by atoms with E-state index in [-0.39, 0.29) is 5.56 Å². The van der Waals surface area contributed by atoms with Crippen LogP contribution in [0.4, 0.5) is 0 Å². The molecule has 0 amide bonds. The number of hydrogen-bond donors (Lipinski definition) is 0. The van der Waals surface area contributed by atoms with Crippen LogP contribution in [0, 0.1) is 13.8 Å². The molecule has 4 rings (SSSR count). The first-order valence-corrected chi connectivity index (χ1v) is 10.6. The molecule has 0 spiro atoms. The fourth-order valence-electron chi connectivity index (χ4n) is 3.49. The highest BCUT2D eigenvalue weighted by Crippen LogP contribution is 2.29. The van der Waals surface area contributed by atoms with Gasteiger partial charge in [0.15, 0.2) is 11.5 Å². The van der Waals surface area contributed by atoms with Gasteiger partial charge in [-0.15, -0.1) is 11.8 Å². The van der Waals surface area contributed by atoms with Crippen LogP contribution in [0.5, 0.6) is 0 Å². The molecule has 0 N–H and O–H groups in total. The Morgan fingerprint density at radius 1 is 0.900 bits per heavy atom. The van der Waals surface area contributed by atoms with E-state index >= 15 is 0 Å². The lowest BCUT2D eigenvalue weighted by Gasteiger charge is -2.12. The molecule has 0 aliphatic rings. The smallest absolute Gasteiger partial charge is 0.280 e. The van der Waals surface area contributed by atoms with Crippen LogP contribution in [0.15, 0.2) is 63.1 Å². The maximum atomic E-state index is 12.9. The van der Waals surface area contributed by atoms with E-state index in [4.69, 9.17) is 4.98 Å². The zero-order valence-corrected chi connectivity index (χ0v) is 18.2. The highest BCUT2D eigenvalue weighted by molar-refractivity contribution is 7.98. The van der Waals surface area contributed by atoms with Crippen LogP contribution in [0.1, 0.15) is 16.7 Å². The molecule has 0 aliphatic carbocycles. The Morgan fingerprint density at radius 3 is 2.23 bits per heavy atom. The Labute approximate surface area is 178 Å². The summed E-state index contributed by atoms with van der Waals surface area (Å²) in [5, 5.41) is 0.947. The van der Waals surface area contributed by atoms with Gasteiger partial charge in [-0.2, -0.15) is 0 Å². The van der Waals surface area contributed by atoms with Gasteiger partial charge in [0.2, 0.25) is 0 Å². The summed E-state index contributed by atoms with van der Waals surface area (Å²) in [5.74, 6) is 1.17. The van der Waals surface area contributed by atoms with E-state index < -0.39 is 5.69 Å². The van der Waals surface area contributed by atoms with Crippen LogP contribution in [-0.4, -0.2) is 19.1 Å². The minimum absolute atomic E-state index is 0.350. The van der Waals surface area contributed by atoms with Crippen LogP contribution in [0.3, 0.4) is 0 Å². The van der Waals surface area contributed by atoms with Crippen molar-refractivity contribution in [1.82, 2.24) is 19.1 Å². The Balaban J connectivity index is 1.96. The average molecular weight is 419 g/mol. The number of aromatic nitrogens is 4. The molecule has 152 valence electrons. The van der Waals surface area contributed by atoms with Crippen LogP contribution in [-0.2, 0) is 19.8 Å². The van der Waals surface area contributed by atoms with Crippen molar-refractivity contribution in [1.29, 1.82) is 0 Å². The molecule has 0 atom stereocenters. The predicted molar refractivity (Wildman–Crippen MR) is 121 cm³/mol. The third kappa shape index (κ3) is 3.68. The van der Waals surface area contributed by atoms with Gasteiger partial charge in [0.1, 0.15) is 10.4 Å². The molecule has 0 bridgehead atoms. The zero-order chi connectivity index (χ0) is 21.4. The molecule has 0 aliphatic heterocycles. The summed E-state index contributed by atoms with van der Waals surface area (Å²) in [7, 11) is 3.11. The highest BCUT2D eigenvalue weighted by atomic mass is 32.2. The summed E-state index contributed by atoms with van der Waals surface area (Å²) >= 11 is 1.48. The van der Waals surface area contributed by atoms with Crippen molar-refractivity contribution in [2.24, 2.45) is 14.1 Å². The topological polar surface area (TPSA) is 69.8 Å². The molecule has 0 fully saturated rings. The molecule has 30 heavy (non-hydrogen) atoms. The number of rotatable bonds is 4. The number of fused-ring (bicyclic) bond motifs is 1. The van der Waals surface area contributed by atoms with Crippen molar-refractivity contribution in [3.05, 3.63) is 86.1 Å². The quantitative estimate of drug-likeness (QED) is 0.374. The molecule has 0 saturated heterocycles. The molecular weight excluding hydrogens is 396 g/mol. The van der Waals surface area contributed by atoms with Crippen molar-refractivity contribution in [3.63, 3.8) is 0 Å². The predicted octanol–water partition coefficient (Wildman–Crippen LogP) is 3.60. The van der Waals surface area contributed by atoms with E-state index in [1.165, 1.54) is 23.4 Å². The molecule has 0 saturated carbocycles. The third-order valence-electron chi connectivity index (χ3n) is 4.97. The Morgan fingerprint density at radius 2 is 1.57 bits per heavy atom. The van der Waals surface area contributed by atoms with Gasteiger partial charge < -0.3 is 0 Å². The first-order chi connectivity index (χ1) is 14.3. The lowest BCUT2D eigenvalue weighted by Crippen LogP contribution is -2.37. The van der Waals surface area contributed by atoms with E-state index in [2.05, 4.69) is 11.1 Å². The number of aryl methyl sites for hydroxylation is 3. The van der Waals surface area contributed by atoms with Crippen molar-refractivity contribution in [2.75, 3.05) is 0 Å². The number of hydrogen-bond acceptors (Lipinski definition) is 5. The summed E-state index contributed by atoms with van der Waals surface area (Å²) in [4.78, 5) is 34.8. The largest absolute Gasteiger partial charge is 0.332 e. The number of thioether (sulfide) groups is 1. The molecular formula is C23H22N4O2S. The summed E-state index contributed by atoms with van der Waals surface area (Å²) in [6.07, 6.45) is 0. The van der Waals surface area contributed by atoms with Gasteiger partial charge in [0.05, 0.1) is 0 Å². The summed E-state index contributed by atoms with van der Waals surface area (Å²) in [6.45, 7) is 4.04. The second-order valence-electron chi connectivity index (χ2n) is 7.41. The van der Waals surface area contributed by atoms with E-state index in [0.717, 1.165) is 26.8 Å². The van der Waals surface area contributed by atoms with Crippen molar-refractivity contribution in [2.45, 2.75) is 24.6 Å². The summed E-state index contributed by atoms with van der Waals surface area (Å²) < 4.78 is 2.52. The Bertz CT molecular complexity index is 1350. The third-order valence-corrected chi connectivity index (χ3v) is 6.01. The first-order valence-electron chi connectivity index (χ1n) is 9.58. The zero-order valence-electron chi connectivity index (χ0n) is 17.3. The van der Waals surface area contributed by atoms with Crippen LogP contribution in [0.25, 0.3) is 22.4 Å². The second kappa shape index (κ2) is 7.91. The van der Waals surface area contributed by atoms with E-state index in [0.29, 0.717) is 27.6 Å². The maximum Gasteiger partial charge on any atom is 0.332 e. The van der Waals surface area contributed by atoms with Gasteiger partial charge in [-0.05, 0) is 31.5 Å². The molecule has 0 unspecified atom stereocenters. The van der Waals surface area contributed by atoms with Gasteiger partial charge in [0.25, 0.3) is 5.56 Å². The highest BCUT2D eigenvalue weighted by Gasteiger charge is 2.18. The van der Waals surface area contributed by atoms with Crippen molar-refractivity contribution < 1.29 is 0 Å². The van der Waals surface area contributed by atoms with Crippen LogP contribution >= 0.6 is 11.8 Å². The maximum absolute atomic E-state index is 12.9. The minimum Gasteiger partial charge on any atom is -0.280 e.